The highest BCUT2D eigenvalue weighted by atomic mass is 35.5. The number of nitrogens with one attached hydrogen (secondary N) is 1. The molecule has 4 aromatic rings. The predicted octanol–water partition coefficient (Wildman–Crippen LogP) is 4.00. The summed E-state index contributed by atoms with van der Waals surface area (Å²) in [7, 11) is 0. The highest BCUT2D eigenvalue weighted by molar-refractivity contribution is 7.17. The summed E-state index contributed by atoms with van der Waals surface area (Å²) in [6, 6.07) is 12.7. The molecule has 0 aliphatic heterocycles. The highest BCUT2D eigenvalue weighted by Crippen LogP contribution is 2.35. The van der Waals surface area contributed by atoms with Crippen LogP contribution in [0.25, 0.3) is 10.4 Å². The number of ketones is 1. The molecule has 0 unspecified atom stereocenters. The van der Waals surface area contributed by atoms with Crippen molar-refractivity contribution in [2.24, 2.45) is 0 Å². The second kappa shape index (κ2) is 6.62. The largest absolute Gasteiger partial charge is 0.461 e. The summed E-state index contributed by atoms with van der Waals surface area (Å²) < 4.78 is 5.23. The minimum Gasteiger partial charge on any atom is -0.461 e. The van der Waals surface area contributed by atoms with Crippen LogP contribution in [-0.4, -0.2) is 26.4 Å². The summed E-state index contributed by atoms with van der Waals surface area (Å²) in [5.74, 6) is 0.726. The lowest BCUT2D eigenvalue weighted by molar-refractivity contribution is 0.101. The van der Waals surface area contributed by atoms with Gasteiger partial charge < -0.3 is 4.42 Å². The van der Waals surface area contributed by atoms with Gasteiger partial charge >= 0.3 is 0 Å². The lowest BCUT2D eigenvalue weighted by atomic mass is 10.1. The van der Waals surface area contributed by atoms with Crippen molar-refractivity contribution in [3.63, 3.8) is 0 Å². The van der Waals surface area contributed by atoms with E-state index in [1.807, 2.05) is 30.3 Å². The van der Waals surface area contributed by atoms with Crippen molar-refractivity contribution in [3.8, 4) is 10.4 Å². The van der Waals surface area contributed by atoms with E-state index < -0.39 is 0 Å². The molecular formula is C17H11ClN4O2S. The molecule has 3 heterocycles. The van der Waals surface area contributed by atoms with Gasteiger partial charge in [0, 0.05) is 16.3 Å². The van der Waals surface area contributed by atoms with Gasteiger partial charge in [-0.1, -0.05) is 28.9 Å². The topological polar surface area (TPSA) is 84.7 Å². The zero-order valence-electron chi connectivity index (χ0n) is 12.8. The van der Waals surface area contributed by atoms with E-state index in [4.69, 9.17) is 16.0 Å². The molecule has 1 N–H and O–H groups in total. The Bertz CT molecular complexity index is 992. The Hall–Kier alpha value is -2.77. The van der Waals surface area contributed by atoms with E-state index in [1.54, 1.807) is 12.1 Å². The monoisotopic (exact) mass is 370 g/mol. The van der Waals surface area contributed by atoms with Crippen molar-refractivity contribution in [2.75, 3.05) is 0 Å². The van der Waals surface area contributed by atoms with Crippen LogP contribution in [0.5, 0.6) is 0 Å². The second-order valence-electron chi connectivity index (χ2n) is 5.28. The van der Waals surface area contributed by atoms with Gasteiger partial charge in [-0.05, 0) is 41.5 Å². The average Bonchev–Trinajstić information content (AvgIpc) is 3.37. The normalized spacial score (nSPS) is 10.9. The Kier molecular flexibility index (Phi) is 4.17. The Labute approximate surface area is 151 Å². The van der Waals surface area contributed by atoms with Crippen molar-refractivity contribution in [1.82, 2.24) is 20.6 Å². The summed E-state index contributed by atoms with van der Waals surface area (Å²) in [6.45, 7) is 0. The van der Waals surface area contributed by atoms with Gasteiger partial charge in [0.15, 0.2) is 11.6 Å². The third kappa shape index (κ3) is 3.24. The molecule has 0 amide bonds. The van der Waals surface area contributed by atoms with Gasteiger partial charge in [-0.2, -0.15) is 5.21 Å². The van der Waals surface area contributed by atoms with Crippen LogP contribution in [0.3, 0.4) is 0 Å². The fourth-order valence-electron chi connectivity index (χ4n) is 2.47. The number of halogens is 1. The van der Waals surface area contributed by atoms with Crippen molar-refractivity contribution < 1.29 is 9.21 Å². The molecular weight excluding hydrogens is 360 g/mol. The quantitative estimate of drug-likeness (QED) is 0.537. The molecule has 0 radical (unpaired) electrons. The summed E-state index contributed by atoms with van der Waals surface area (Å²) in [6.07, 6.45) is 1.96. The number of carbonyl (C=O) groups is 1. The number of nitrogens with zero attached hydrogens (tertiary/aromatic N) is 3. The molecule has 8 heteroatoms. The van der Waals surface area contributed by atoms with Gasteiger partial charge in [-0.25, -0.2) is 0 Å². The number of furan rings is 1. The molecule has 0 atom stereocenters. The Morgan fingerprint density at radius 3 is 2.76 bits per heavy atom. The van der Waals surface area contributed by atoms with Crippen LogP contribution in [0.4, 0.5) is 0 Å². The number of benzene rings is 1. The standard InChI is InChI=1S/C17H11ClN4O2S/c18-12-5-3-10(4-6-12)17-11(9-15-19-21-22-20-15)8-14(25-17)16(23)13-2-1-7-24-13/h1-8H,9H2,(H,19,20,21,22). The zero-order chi connectivity index (χ0) is 17.2. The van der Waals surface area contributed by atoms with Crippen LogP contribution in [-0.2, 0) is 6.42 Å². The third-order valence-electron chi connectivity index (χ3n) is 3.62. The minimum atomic E-state index is -0.149. The first kappa shape index (κ1) is 15.7. The first-order valence-electron chi connectivity index (χ1n) is 7.40. The first-order chi connectivity index (χ1) is 12.2. The van der Waals surface area contributed by atoms with Crippen LogP contribution in [0.15, 0.2) is 53.1 Å². The van der Waals surface area contributed by atoms with Gasteiger partial charge in [-0.3, -0.25) is 4.79 Å². The number of hydrogen-bond donors (Lipinski definition) is 1. The number of carbonyl (C=O) groups excluding carboxylic acids is 1. The van der Waals surface area contributed by atoms with Crippen molar-refractivity contribution in [1.29, 1.82) is 0 Å². The maximum absolute atomic E-state index is 12.6. The van der Waals surface area contributed by atoms with Gasteiger partial charge in [0.2, 0.25) is 5.78 Å². The van der Waals surface area contributed by atoms with E-state index in [0.717, 1.165) is 16.0 Å². The Balaban J connectivity index is 1.77. The molecule has 0 saturated carbocycles. The maximum atomic E-state index is 12.6. The lowest BCUT2D eigenvalue weighted by Crippen LogP contribution is -1.96. The number of rotatable bonds is 5. The molecule has 25 heavy (non-hydrogen) atoms. The van der Waals surface area contributed by atoms with Gasteiger partial charge in [0.1, 0.15) is 0 Å². The van der Waals surface area contributed by atoms with E-state index in [-0.39, 0.29) is 5.78 Å². The van der Waals surface area contributed by atoms with Crippen LogP contribution >= 0.6 is 22.9 Å². The molecule has 4 rings (SSSR count). The SMILES string of the molecule is O=C(c1ccco1)c1cc(Cc2nn[nH]n2)c(-c2ccc(Cl)cc2)s1. The number of thiophene rings is 1. The Morgan fingerprint density at radius 1 is 1.24 bits per heavy atom. The van der Waals surface area contributed by atoms with E-state index in [0.29, 0.717) is 27.9 Å². The fraction of sp³-hybridized carbons (Fsp3) is 0.0588. The molecule has 6 nitrogen and oxygen atoms in total. The minimum absolute atomic E-state index is 0.149. The van der Waals surface area contributed by atoms with E-state index in [9.17, 15) is 4.79 Å². The fourth-order valence-corrected chi connectivity index (χ4v) is 3.73. The predicted molar refractivity (Wildman–Crippen MR) is 93.9 cm³/mol. The van der Waals surface area contributed by atoms with Crippen LogP contribution in [0.1, 0.15) is 26.8 Å². The highest BCUT2D eigenvalue weighted by Gasteiger charge is 2.20. The van der Waals surface area contributed by atoms with Crippen LogP contribution in [0.2, 0.25) is 5.02 Å². The summed E-state index contributed by atoms with van der Waals surface area (Å²) in [5.41, 5.74) is 1.93. The summed E-state index contributed by atoms with van der Waals surface area (Å²) in [5, 5.41) is 14.7. The van der Waals surface area contributed by atoms with Crippen LogP contribution < -0.4 is 0 Å². The first-order valence-corrected chi connectivity index (χ1v) is 8.59. The number of H-pyrrole nitrogens is 1. The zero-order valence-corrected chi connectivity index (χ0v) is 14.3. The van der Waals surface area contributed by atoms with Gasteiger partial charge in [0.05, 0.1) is 11.1 Å². The molecule has 124 valence electrons. The smallest absolute Gasteiger partial charge is 0.238 e. The summed E-state index contributed by atoms with van der Waals surface area (Å²) >= 11 is 7.39. The second-order valence-corrected chi connectivity index (χ2v) is 6.77. The number of aromatic nitrogens is 4. The number of hydrogen-bond acceptors (Lipinski definition) is 6. The lowest BCUT2D eigenvalue weighted by Gasteiger charge is -2.02. The van der Waals surface area contributed by atoms with E-state index in [1.165, 1.54) is 17.6 Å². The number of aromatic amines is 1. The molecule has 0 fully saturated rings. The molecule has 0 bridgehead atoms. The molecule has 3 aromatic heterocycles. The molecule has 0 saturated heterocycles. The Morgan fingerprint density at radius 2 is 2.08 bits per heavy atom. The van der Waals surface area contributed by atoms with E-state index in [2.05, 4.69) is 20.6 Å². The average molecular weight is 371 g/mol. The number of tetrazole rings is 1. The summed E-state index contributed by atoms with van der Waals surface area (Å²) in [4.78, 5) is 14.2. The molecule has 0 aliphatic rings. The molecule has 1 aromatic carbocycles. The maximum Gasteiger partial charge on any atom is 0.238 e. The molecule has 0 aliphatic carbocycles. The van der Waals surface area contributed by atoms with Crippen molar-refractivity contribution >= 4 is 28.7 Å². The van der Waals surface area contributed by atoms with Gasteiger partial charge in [0.25, 0.3) is 0 Å². The van der Waals surface area contributed by atoms with Gasteiger partial charge in [-0.15, -0.1) is 21.5 Å². The van der Waals surface area contributed by atoms with Crippen LogP contribution in [0, 0.1) is 0 Å². The molecule has 0 spiro atoms. The van der Waals surface area contributed by atoms with E-state index >= 15 is 0 Å². The third-order valence-corrected chi connectivity index (χ3v) is 5.10. The van der Waals surface area contributed by atoms with Crippen molar-refractivity contribution in [3.05, 3.63) is 75.8 Å². The van der Waals surface area contributed by atoms with Crippen molar-refractivity contribution in [2.45, 2.75) is 6.42 Å².